The van der Waals surface area contributed by atoms with Gasteiger partial charge in [-0.3, -0.25) is 4.79 Å². The largest absolute Gasteiger partial charge is 0.307 e. The molecule has 0 fully saturated rings. The first-order valence-corrected chi connectivity index (χ1v) is 7.60. The lowest BCUT2D eigenvalue weighted by molar-refractivity contribution is 0.0988. The Kier molecular flexibility index (Phi) is 3.19. The summed E-state index contributed by atoms with van der Waals surface area (Å²) in [6.07, 6.45) is 3.10. The van der Waals surface area contributed by atoms with E-state index in [1.165, 1.54) is 11.9 Å². The second-order valence-electron chi connectivity index (χ2n) is 5.77. The zero-order chi connectivity index (χ0) is 15.8. The average molecular weight is 304 g/mol. The summed E-state index contributed by atoms with van der Waals surface area (Å²) in [4.78, 5) is 18.8. The highest BCUT2D eigenvalue weighted by molar-refractivity contribution is 6.07. The van der Waals surface area contributed by atoms with Crippen LogP contribution in [0.2, 0.25) is 0 Å². The van der Waals surface area contributed by atoms with Gasteiger partial charge in [0.1, 0.15) is 12.7 Å². The van der Waals surface area contributed by atoms with Crippen LogP contribution < -0.4 is 4.90 Å². The summed E-state index contributed by atoms with van der Waals surface area (Å²) in [5.74, 6) is 0.373. The summed E-state index contributed by atoms with van der Waals surface area (Å²) in [5.41, 5.74) is 3.72. The number of amides is 1. The minimum Gasteiger partial charge on any atom is -0.307 e. The molecule has 5 nitrogen and oxygen atoms in total. The Bertz CT molecular complexity index is 857. The van der Waals surface area contributed by atoms with Gasteiger partial charge >= 0.3 is 0 Å². The van der Waals surface area contributed by atoms with Gasteiger partial charge < -0.3 is 4.90 Å². The van der Waals surface area contributed by atoms with Gasteiger partial charge in [0.25, 0.3) is 5.91 Å². The van der Waals surface area contributed by atoms with E-state index in [4.69, 9.17) is 0 Å². The molecule has 1 aliphatic rings. The molecule has 0 unspecified atom stereocenters. The average Bonchev–Trinajstić information content (AvgIpc) is 3.23. The number of carbonyl (C=O) groups excluding carboxylic acids is 1. The lowest BCUT2D eigenvalue weighted by Crippen LogP contribution is -2.29. The predicted octanol–water partition coefficient (Wildman–Crippen LogP) is 3.03. The smallest absolute Gasteiger partial charge is 0.258 e. The normalized spacial score (nSPS) is 16.4. The van der Waals surface area contributed by atoms with Crippen LogP contribution in [0.4, 0.5) is 5.69 Å². The molecule has 5 heteroatoms. The minimum atomic E-state index is 0.0174. The molecule has 1 aliphatic heterocycles. The third-order valence-corrected chi connectivity index (χ3v) is 4.24. The number of anilines is 1. The van der Waals surface area contributed by atoms with Gasteiger partial charge in [-0.2, -0.15) is 5.10 Å². The van der Waals surface area contributed by atoms with E-state index in [0.717, 1.165) is 11.4 Å². The third kappa shape index (κ3) is 2.30. The summed E-state index contributed by atoms with van der Waals surface area (Å²) < 4.78 is 1.65. The van der Waals surface area contributed by atoms with Crippen LogP contribution in [0.25, 0.3) is 5.69 Å². The molecule has 4 rings (SSSR count). The van der Waals surface area contributed by atoms with Crippen molar-refractivity contribution < 1.29 is 4.79 Å². The van der Waals surface area contributed by atoms with E-state index in [1.807, 2.05) is 47.4 Å². The molecule has 0 aliphatic carbocycles. The van der Waals surface area contributed by atoms with Crippen LogP contribution in [0.1, 0.15) is 28.8 Å². The van der Waals surface area contributed by atoms with Crippen molar-refractivity contribution in [3.63, 3.8) is 0 Å². The van der Waals surface area contributed by atoms with Gasteiger partial charge in [-0.15, -0.1) is 0 Å². The van der Waals surface area contributed by atoms with E-state index < -0.39 is 0 Å². The van der Waals surface area contributed by atoms with Gasteiger partial charge in [-0.05, 0) is 29.8 Å². The minimum absolute atomic E-state index is 0.0174. The number of hydrogen-bond acceptors (Lipinski definition) is 3. The van der Waals surface area contributed by atoms with Crippen molar-refractivity contribution in [1.82, 2.24) is 14.8 Å². The highest BCUT2D eigenvalue weighted by atomic mass is 16.2. The van der Waals surface area contributed by atoms with E-state index >= 15 is 0 Å². The van der Waals surface area contributed by atoms with E-state index in [9.17, 15) is 4.79 Å². The number of benzene rings is 2. The van der Waals surface area contributed by atoms with E-state index in [1.54, 1.807) is 11.0 Å². The van der Waals surface area contributed by atoms with E-state index in [0.29, 0.717) is 18.0 Å². The van der Waals surface area contributed by atoms with Crippen molar-refractivity contribution >= 4 is 11.6 Å². The summed E-state index contributed by atoms with van der Waals surface area (Å²) in [6, 6.07) is 15.6. The predicted molar refractivity (Wildman–Crippen MR) is 87.9 cm³/mol. The fraction of sp³-hybridized carbons (Fsp3) is 0.167. The van der Waals surface area contributed by atoms with E-state index in [2.05, 4.69) is 23.1 Å². The number of rotatable bonds is 2. The fourth-order valence-corrected chi connectivity index (χ4v) is 3.09. The number of carbonyl (C=O) groups is 1. The molecule has 1 amide bonds. The Morgan fingerprint density at radius 2 is 2.04 bits per heavy atom. The topological polar surface area (TPSA) is 51.0 Å². The molecule has 0 saturated heterocycles. The Hall–Kier alpha value is -2.95. The molecule has 3 aromatic rings. The van der Waals surface area contributed by atoms with Crippen molar-refractivity contribution in [2.24, 2.45) is 0 Å². The van der Waals surface area contributed by atoms with Gasteiger partial charge in [0.2, 0.25) is 0 Å². The maximum atomic E-state index is 13.0. The van der Waals surface area contributed by atoms with Crippen LogP contribution in [0.5, 0.6) is 0 Å². The number of aromatic nitrogens is 3. The molecule has 0 saturated carbocycles. The summed E-state index contributed by atoms with van der Waals surface area (Å²) in [7, 11) is 0. The number of nitrogens with zero attached hydrogens (tertiary/aromatic N) is 4. The highest BCUT2D eigenvalue weighted by Crippen LogP contribution is 2.36. The maximum absolute atomic E-state index is 13.0. The summed E-state index contributed by atoms with van der Waals surface area (Å²) >= 11 is 0. The second-order valence-corrected chi connectivity index (χ2v) is 5.77. The molecule has 0 radical (unpaired) electrons. The van der Waals surface area contributed by atoms with Gasteiger partial charge in [0, 0.05) is 23.7 Å². The zero-order valence-electron chi connectivity index (χ0n) is 12.8. The maximum Gasteiger partial charge on any atom is 0.258 e. The molecular weight excluding hydrogens is 288 g/mol. The monoisotopic (exact) mass is 304 g/mol. The number of fused-ring (bicyclic) bond motifs is 1. The lowest BCUT2D eigenvalue weighted by Gasteiger charge is -2.18. The highest BCUT2D eigenvalue weighted by Gasteiger charge is 2.30. The van der Waals surface area contributed by atoms with Crippen LogP contribution in [-0.2, 0) is 0 Å². The Morgan fingerprint density at radius 1 is 1.17 bits per heavy atom. The van der Waals surface area contributed by atoms with Gasteiger partial charge in [-0.1, -0.05) is 31.2 Å². The number of para-hydroxylation sites is 1. The van der Waals surface area contributed by atoms with Crippen LogP contribution in [-0.4, -0.2) is 27.2 Å². The fourth-order valence-electron chi connectivity index (χ4n) is 3.09. The van der Waals surface area contributed by atoms with Crippen molar-refractivity contribution in [3.8, 4) is 5.69 Å². The molecule has 0 bridgehead atoms. The van der Waals surface area contributed by atoms with Crippen molar-refractivity contribution in [3.05, 3.63) is 72.3 Å². The van der Waals surface area contributed by atoms with Crippen LogP contribution in [0.3, 0.4) is 0 Å². The molecule has 0 N–H and O–H groups in total. The van der Waals surface area contributed by atoms with Crippen molar-refractivity contribution in [2.45, 2.75) is 12.8 Å². The lowest BCUT2D eigenvalue weighted by atomic mass is 10.0. The standard InChI is InChI=1S/C18H16N4O/c1-13-10-21(17-8-3-2-7-16(13)17)18(23)14-5-4-6-15(9-14)22-12-19-11-20-22/h2-9,11-13H,10H2,1H3/t13-/m1/s1. The molecular formula is C18H16N4O. The van der Waals surface area contributed by atoms with E-state index in [-0.39, 0.29) is 5.91 Å². The quantitative estimate of drug-likeness (QED) is 0.731. The first-order chi connectivity index (χ1) is 11.2. The molecule has 1 atom stereocenters. The van der Waals surface area contributed by atoms with Gasteiger partial charge in [0.05, 0.1) is 5.69 Å². The molecule has 2 heterocycles. The Balaban J connectivity index is 1.70. The van der Waals surface area contributed by atoms with Crippen LogP contribution in [0, 0.1) is 0 Å². The molecule has 114 valence electrons. The van der Waals surface area contributed by atoms with Crippen molar-refractivity contribution in [1.29, 1.82) is 0 Å². The summed E-state index contributed by atoms with van der Waals surface area (Å²) in [5, 5.41) is 4.11. The molecule has 1 aromatic heterocycles. The molecule has 23 heavy (non-hydrogen) atoms. The SMILES string of the molecule is C[C@@H]1CN(C(=O)c2cccc(-n3cncn3)c2)c2ccccc21. The Labute approximate surface area is 134 Å². The first kappa shape index (κ1) is 13.7. The van der Waals surface area contributed by atoms with Crippen LogP contribution in [0.15, 0.2) is 61.2 Å². The van der Waals surface area contributed by atoms with Crippen LogP contribution >= 0.6 is 0 Å². The molecule has 0 spiro atoms. The Morgan fingerprint density at radius 3 is 2.87 bits per heavy atom. The van der Waals surface area contributed by atoms with Gasteiger partial charge in [-0.25, -0.2) is 9.67 Å². The molecule has 2 aromatic carbocycles. The van der Waals surface area contributed by atoms with Gasteiger partial charge in [0.15, 0.2) is 0 Å². The first-order valence-electron chi connectivity index (χ1n) is 7.60. The zero-order valence-corrected chi connectivity index (χ0v) is 12.8. The number of hydrogen-bond donors (Lipinski definition) is 0. The third-order valence-electron chi connectivity index (χ3n) is 4.24. The van der Waals surface area contributed by atoms with Crippen molar-refractivity contribution in [2.75, 3.05) is 11.4 Å². The summed E-state index contributed by atoms with van der Waals surface area (Å²) in [6.45, 7) is 2.86. The second kappa shape index (κ2) is 5.35.